The second-order valence-corrected chi connectivity index (χ2v) is 8.19. The molecule has 2 N–H and O–H groups in total. The van der Waals surface area contributed by atoms with Crippen LogP contribution in [0.5, 0.6) is 0 Å². The predicted molar refractivity (Wildman–Crippen MR) is 108 cm³/mol. The Morgan fingerprint density at radius 2 is 1.86 bits per heavy atom. The van der Waals surface area contributed by atoms with E-state index in [-0.39, 0.29) is 17.4 Å². The van der Waals surface area contributed by atoms with E-state index in [1.807, 2.05) is 13.0 Å². The van der Waals surface area contributed by atoms with Crippen LogP contribution in [0.4, 0.5) is 5.69 Å². The number of aliphatic carboxylic acids is 1. The summed E-state index contributed by atoms with van der Waals surface area (Å²) < 4.78 is 0. The molecule has 2 aromatic rings. The minimum Gasteiger partial charge on any atom is -0.481 e. The Bertz CT molecular complexity index is 911. The highest BCUT2D eigenvalue weighted by molar-refractivity contribution is 5.91. The standard InChI is InChI=1S/C22H26N2O4/c1-14-17(12-19(25)26)20(24-9-7-22(2,3)8-10-24)18(13-23-14)15-5-4-6-16(11-15)21(27)28/h4-6,11,13H,7-10,12H2,1-3H3,(H,25,26)(H,27,28). The SMILES string of the molecule is Cc1ncc(-c2cccc(C(=O)O)c2)c(N2CCC(C)(C)CC2)c1CC(=O)O. The largest absolute Gasteiger partial charge is 0.481 e. The van der Waals surface area contributed by atoms with Gasteiger partial charge in [-0.25, -0.2) is 4.79 Å². The number of hydrogen-bond acceptors (Lipinski definition) is 4. The molecule has 2 heterocycles. The van der Waals surface area contributed by atoms with Crippen molar-refractivity contribution >= 4 is 17.6 Å². The van der Waals surface area contributed by atoms with Gasteiger partial charge >= 0.3 is 11.9 Å². The van der Waals surface area contributed by atoms with Crippen molar-refractivity contribution in [3.8, 4) is 11.1 Å². The van der Waals surface area contributed by atoms with Gasteiger partial charge in [-0.15, -0.1) is 0 Å². The maximum absolute atomic E-state index is 11.5. The number of nitrogens with zero attached hydrogens (tertiary/aromatic N) is 2. The van der Waals surface area contributed by atoms with Crippen LogP contribution in [-0.4, -0.2) is 40.2 Å². The molecule has 1 aliphatic rings. The highest BCUT2D eigenvalue weighted by atomic mass is 16.4. The second-order valence-electron chi connectivity index (χ2n) is 8.19. The van der Waals surface area contributed by atoms with Crippen LogP contribution in [-0.2, 0) is 11.2 Å². The summed E-state index contributed by atoms with van der Waals surface area (Å²) in [7, 11) is 0. The van der Waals surface area contributed by atoms with Crippen LogP contribution in [0.2, 0.25) is 0 Å². The molecule has 0 unspecified atom stereocenters. The molecule has 0 aliphatic carbocycles. The molecule has 0 atom stereocenters. The van der Waals surface area contributed by atoms with E-state index in [1.54, 1.807) is 24.4 Å². The first kappa shape index (κ1) is 19.9. The summed E-state index contributed by atoms with van der Waals surface area (Å²) in [4.78, 5) is 29.6. The molecule has 0 spiro atoms. The van der Waals surface area contributed by atoms with E-state index >= 15 is 0 Å². The average Bonchev–Trinajstić information content (AvgIpc) is 2.63. The lowest BCUT2D eigenvalue weighted by molar-refractivity contribution is -0.136. The number of aromatic carboxylic acids is 1. The maximum Gasteiger partial charge on any atom is 0.335 e. The first-order valence-corrected chi connectivity index (χ1v) is 9.47. The van der Waals surface area contributed by atoms with Gasteiger partial charge in [-0.3, -0.25) is 9.78 Å². The fourth-order valence-electron chi connectivity index (χ4n) is 3.73. The van der Waals surface area contributed by atoms with Crippen molar-refractivity contribution in [3.05, 3.63) is 47.3 Å². The lowest BCUT2D eigenvalue weighted by atomic mass is 9.82. The number of hydrogen-bond donors (Lipinski definition) is 2. The van der Waals surface area contributed by atoms with Crippen molar-refractivity contribution in [3.63, 3.8) is 0 Å². The quantitative estimate of drug-likeness (QED) is 0.812. The lowest BCUT2D eigenvalue weighted by Gasteiger charge is -2.40. The van der Waals surface area contributed by atoms with E-state index in [2.05, 4.69) is 23.7 Å². The van der Waals surface area contributed by atoms with Crippen molar-refractivity contribution in [1.29, 1.82) is 0 Å². The van der Waals surface area contributed by atoms with Gasteiger partial charge in [0, 0.05) is 36.1 Å². The molecule has 0 radical (unpaired) electrons. The topological polar surface area (TPSA) is 90.7 Å². The smallest absolute Gasteiger partial charge is 0.335 e. The van der Waals surface area contributed by atoms with E-state index in [0.717, 1.165) is 42.7 Å². The molecule has 0 saturated carbocycles. The molecule has 1 aromatic heterocycles. The lowest BCUT2D eigenvalue weighted by Crippen LogP contribution is -2.38. The normalized spacial score (nSPS) is 16.0. The molecule has 6 nitrogen and oxygen atoms in total. The molecule has 1 saturated heterocycles. The summed E-state index contributed by atoms with van der Waals surface area (Å²) in [6.07, 6.45) is 3.64. The fourth-order valence-corrected chi connectivity index (χ4v) is 3.73. The number of aromatic nitrogens is 1. The second kappa shape index (κ2) is 7.62. The summed E-state index contributed by atoms with van der Waals surface area (Å²) in [5, 5.41) is 18.8. The molecular weight excluding hydrogens is 356 g/mol. The van der Waals surface area contributed by atoms with E-state index in [0.29, 0.717) is 11.3 Å². The highest BCUT2D eigenvalue weighted by Gasteiger charge is 2.29. The number of pyridine rings is 1. The number of benzene rings is 1. The average molecular weight is 382 g/mol. The minimum atomic E-state index is -0.992. The molecular formula is C22H26N2O4. The molecule has 0 bridgehead atoms. The fraction of sp³-hybridized carbons (Fsp3) is 0.409. The Labute approximate surface area is 164 Å². The van der Waals surface area contributed by atoms with Gasteiger partial charge in [0.1, 0.15) is 0 Å². The zero-order chi connectivity index (χ0) is 20.5. The van der Waals surface area contributed by atoms with Crippen LogP contribution in [0, 0.1) is 12.3 Å². The number of rotatable bonds is 5. The van der Waals surface area contributed by atoms with Crippen LogP contribution in [0.25, 0.3) is 11.1 Å². The monoisotopic (exact) mass is 382 g/mol. The number of aryl methyl sites for hydroxylation is 1. The first-order chi connectivity index (χ1) is 13.2. The summed E-state index contributed by atoms with van der Waals surface area (Å²) in [5.41, 5.74) is 4.24. The van der Waals surface area contributed by atoms with Gasteiger partial charge in [0.25, 0.3) is 0 Å². The highest BCUT2D eigenvalue weighted by Crippen LogP contribution is 2.40. The van der Waals surface area contributed by atoms with Crippen LogP contribution < -0.4 is 4.90 Å². The Kier molecular flexibility index (Phi) is 5.40. The van der Waals surface area contributed by atoms with Gasteiger partial charge < -0.3 is 15.1 Å². The minimum absolute atomic E-state index is 0.111. The van der Waals surface area contributed by atoms with Gasteiger partial charge in [0.15, 0.2) is 0 Å². The molecule has 28 heavy (non-hydrogen) atoms. The summed E-state index contributed by atoms with van der Waals surface area (Å²) >= 11 is 0. The number of carbonyl (C=O) groups is 2. The van der Waals surface area contributed by atoms with E-state index < -0.39 is 11.9 Å². The Hall–Kier alpha value is -2.89. The van der Waals surface area contributed by atoms with Crippen molar-refractivity contribution in [2.45, 2.75) is 40.0 Å². The van der Waals surface area contributed by atoms with E-state index in [9.17, 15) is 19.8 Å². The predicted octanol–water partition coefficient (Wildman–Crippen LogP) is 4.01. The molecule has 1 aliphatic heterocycles. The van der Waals surface area contributed by atoms with Gasteiger partial charge in [0.2, 0.25) is 0 Å². The van der Waals surface area contributed by atoms with Gasteiger partial charge in [-0.05, 0) is 42.9 Å². The molecule has 6 heteroatoms. The van der Waals surface area contributed by atoms with E-state index in [4.69, 9.17) is 0 Å². The van der Waals surface area contributed by atoms with Gasteiger partial charge in [-0.1, -0.05) is 26.0 Å². The van der Waals surface area contributed by atoms with Crippen molar-refractivity contribution in [2.75, 3.05) is 18.0 Å². The van der Waals surface area contributed by atoms with Crippen molar-refractivity contribution in [1.82, 2.24) is 4.98 Å². The van der Waals surface area contributed by atoms with Crippen LogP contribution >= 0.6 is 0 Å². The molecule has 3 rings (SSSR count). The van der Waals surface area contributed by atoms with Crippen LogP contribution in [0.1, 0.15) is 48.3 Å². The third kappa shape index (κ3) is 4.16. The Morgan fingerprint density at radius 1 is 1.18 bits per heavy atom. The van der Waals surface area contributed by atoms with Crippen molar-refractivity contribution < 1.29 is 19.8 Å². The Balaban J connectivity index is 2.16. The Morgan fingerprint density at radius 3 is 2.46 bits per heavy atom. The summed E-state index contributed by atoms with van der Waals surface area (Å²) in [5.74, 6) is -1.89. The third-order valence-electron chi connectivity index (χ3n) is 5.55. The third-order valence-corrected chi connectivity index (χ3v) is 5.55. The van der Waals surface area contributed by atoms with Crippen molar-refractivity contribution in [2.24, 2.45) is 5.41 Å². The number of piperidine rings is 1. The molecule has 1 fully saturated rings. The first-order valence-electron chi connectivity index (χ1n) is 9.47. The number of carboxylic acid groups (broad SMARTS) is 2. The summed E-state index contributed by atoms with van der Waals surface area (Å²) in [6, 6.07) is 6.73. The van der Waals surface area contributed by atoms with Crippen LogP contribution in [0.3, 0.4) is 0 Å². The van der Waals surface area contributed by atoms with Gasteiger partial charge in [0.05, 0.1) is 17.7 Å². The maximum atomic E-state index is 11.5. The molecule has 0 amide bonds. The van der Waals surface area contributed by atoms with Gasteiger partial charge in [-0.2, -0.15) is 0 Å². The zero-order valence-corrected chi connectivity index (χ0v) is 16.5. The van der Waals surface area contributed by atoms with Crippen LogP contribution in [0.15, 0.2) is 30.5 Å². The molecule has 1 aromatic carbocycles. The number of carboxylic acids is 2. The van der Waals surface area contributed by atoms with E-state index in [1.165, 1.54) is 0 Å². The molecule has 148 valence electrons. The summed E-state index contributed by atoms with van der Waals surface area (Å²) in [6.45, 7) is 7.98. The zero-order valence-electron chi connectivity index (χ0n) is 16.5. The number of anilines is 1.